The highest BCUT2D eigenvalue weighted by molar-refractivity contribution is 6.40. The molecule has 1 aliphatic heterocycles. The van der Waals surface area contributed by atoms with Gasteiger partial charge >= 0.3 is 0 Å². The lowest BCUT2D eigenvalue weighted by molar-refractivity contribution is -0.384. The highest BCUT2D eigenvalue weighted by Crippen LogP contribution is 2.31. The van der Waals surface area contributed by atoms with Crippen LogP contribution in [-0.4, -0.2) is 22.6 Å². The van der Waals surface area contributed by atoms with Gasteiger partial charge in [0, 0.05) is 23.3 Å². The molecular formula is C29H18Cl2N4O4. The highest BCUT2D eigenvalue weighted by Gasteiger charge is 2.32. The van der Waals surface area contributed by atoms with Gasteiger partial charge in [0.25, 0.3) is 17.5 Å². The van der Waals surface area contributed by atoms with Crippen LogP contribution < -0.4 is 10.2 Å². The van der Waals surface area contributed by atoms with Crippen LogP contribution in [0.2, 0.25) is 10.0 Å². The second-order valence-electron chi connectivity index (χ2n) is 8.42. The molecule has 0 radical (unpaired) electrons. The Morgan fingerprint density at radius 2 is 1.51 bits per heavy atom. The predicted octanol–water partition coefficient (Wildman–Crippen LogP) is 6.99. The number of anilines is 2. The normalized spacial score (nSPS) is 13.9. The second-order valence-corrected chi connectivity index (χ2v) is 9.23. The van der Waals surface area contributed by atoms with Crippen LogP contribution in [0.4, 0.5) is 17.1 Å². The first kappa shape index (κ1) is 25.8. The monoisotopic (exact) mass is 556 g/mol. The van der Waals surface area contributed by atoms with Gasteiger partial charge in [-0.3, -0.25) is 24.6 Å². The number of hydrogen-bond acceptors (Lipinski definition) is 5. The van der Waals surface area contributed by atoms with E-state index in [4.69, 9.17) is 23.2 Å². The molecule has 0 atom stereocenters. The van der Waals surface area contributed by atoms with Gasteiger partial charge in [-0.1, -0.05) is 59.6 Å². The van der Waals surface area contributed by atoms with Crippen LogP contribution in [0.25, 0.3) is 6.08 Å². The molecule has 10 heteroatoms. The van der Waals surface area contributed by atoms with Crippen LogP contribution in [0.3, 0.4) is 0 Å². The van der Waals surface area contributed by atoms with E-state index in [1.54, 1.807) is 60.7 Å². The summed E-state index contributed by atoms with van der Waals surface area (Å²) in [5, 5.41) is 14.3. The SMILES string of the molecule is O=C(Nc1c(Cl)cccc1Cl)c1ccc(N2C(=O)/C(=C/c3ccc([N+](=O)[O-])cc3)N=C2c2ccccc2)cc1. The van der Waals surface area contributed by atoms with E-state index in [0.29, 0.717) is 43.9 Å². The van der Waals surface area contributed by atoms with Crippen molar-refractivity contribution in [1.82, 2.24) is 0 Å². The Hall–Kier alpha value is -4.79. The Balaban J connectivity index is 1.45. The number of carbonyl (C=O) groups excluding carboxylic acids is 2. The summed E-state index contributed by atoms with van der Waals surface area (Å²) in [7, 11) is 0. The van der Waals surface area contributed by atoms with E-state index < -0.39 is 10.8 Å². The minimum atomic E-state index is -0.488. The lowest BCUT2D eigenvalue weighted by atomic mass is 10.1. The van der Waals surface area contributed by atoms with Gasteiger partial charge in [-0.25, -0.2) is 4.99 Å². The average molecular weight is 557 g/mol. The number of amides is 2. The molecule has 8 nitrogen and oxygen atoms in total. The van der Waals surface area contributed by atoms with E-state index in [1.807, 2.05) is 30.3 Å². The van der Waals surface area contributed by atoms with Crippen LogP contribution in [0.15, 0.2) is 108 Å². The van der Waals surface area contributed by atoms with Crippen molar-refractivity contribution in [2.24, 2.45) is 4.99 Å². The number of halogens is 2. The number of nitrogens with one attached hydrogen (secondary N) is 1. The van der Waals surface area contributed by atoms with Gasteiger partial charge < -0.3 is 5.32 Å². The Bertz CT molecular complexity index is 1630. The third-order valence-electron chi connectivity index (χ3n) is 5.89. The predicted molar refractivity (Wildman–Crippen MR) is 152 cm³/mol. The van der Waals surface area contributed by atoms with Crippen molar-refractivity contribution in [3.05, 3.63) is 140 Å². The fraction of sp³-hybridized carbons (Fsp3) is 0. The molecule has 0 aromatic heterocycles. The molecule has 2 amide bonds. The first-order valence-corrected chi connectivity index (χ1v) is 12.4. The van der Waals surface area contributed by atoms with Gasteiger partial charge in [0.15, 0.2) is 0 Å². The zero-order chi connectivity index (χ0) is 27.5. The molecule has 4 aromatic rings. The molecule has 4 aromatic carbocycles. The maximum atomic E-state index is 13.5. The summed E-state index contributed by atoms with van der Waals surface area (Å²) in [5.74, 6) is -0.388. The summed E-state index contributed by atoms with van der Waals surface area (Å²) < 4.78 is 0. The maximum Gasteiger partial charge on any atom is 0.282 e. The molecule has 39 heavy (non-hydrogen) atoms. The van der Waals surface area contributed by atoms with Crippen molar-refractivity contribution >= 4 is 64.0 Å². The molecule has 0 aliphatic carbocycles. The number of nitro groups is 1. The Morgan fingerprint density at radius 1 is 0.872 bits per heavy atom. The smallest absolute Gasteiger partial charge is 0.282 e. The summed E-state index contributed by atoms with van der Waals surface area (Å²) in [6.07, 6.45) is 1.57. The molecule has 1 N–H and O–H groups in total. The first-order valence-electron chi connectivity index (χ1n) is 11.6. The third-order valence-corrected chi connectivity index (χ3v) is 6.52. The van der Waals surface area contributed by atoms with E-state index >= 15 is 0 Å². The fourth-order valence-electron chi connectivity index (χ4n) is 3.95. The number of aliphatic imine (C=N–C) groups is 1. The molecule has 0 spiro atoms. The number of para-hydroxylation sites is 1. The van der Waals surface area contributed by atoms with E-state index in [1.165, 1.54) is 17.0 Å². The van der Waals surface area contributed by atoms with Gasteiger partial charge in [-0.2, -0.15) is 0 Å². The van der Waals surface area contributed by atoms with E-state index in [2.05, 4.69) is 10.3 Å². The second kappa shape index (κ2) is 10.9. The van der Waals surface area contributed by atoms with Gasteiger partial charge in [-0.05, 0) is 60.2 Å². The molecule has 192 valence electrons. The van der Waals surface area contributed by atoms with Crippen molar-refractivity contribution in [3.8, 4) is 0 Å². The Morgan fingerprint density at radius 3 is 2.13 bits per heavy atom. The van der Waals surface area contributed by atoms with Crippen LogP contribution >= 0.6 is 23.2 Å². The average Bonchev–Trinajstić information content (AvgIpc) is 3.27. The molecule has 1 heterocycles. The minimum Gasteiger partial charge on any atom is -0.319 e. The van der Waals surface area contributed by atoms with E-state index in [9.17, 15) is 19.7 Å². The third kappa shape index (κ3) is 5.43. The lowest BCUT2D eigenvalue weighted by Crippen LogP contribution is -2.32. The van der Waals surface area contributed by atoms with Crippen molar-refractivity contribution in [3.63, 3.8) is 0 Å². The molecule has 1 aliphatic rings. The number of amidine groups is 1. The van der Waals surface area contributed by atoms with Crippen molar-refractivity contribution in [1.29, 1.82) is 0 Å². The lowest BCUT2D eigenvalue weighted by Gasteiger charge is -2.19. The minimum absolute atomic E-state index is 0.0501. The number of hydrogen-bond donors (Lipinski definition) is 1. The summed E-state index contributed by atoms with van der Waals surface area (Å²) in [4.78, 5) is 42.9. The van der Waals surface area contributed by atoms with E-state index in [-0.39, 0.29) is 17.3 Å². The topological polar surface area (TPSA) is 105 Å². The molecule has 0 bridgehead atoms. The van der Waals surface area contributed by atoms with Crippen molar-refractivity contribution in [2.45, 2.75) is 0 Å². The fourth-order valence-corrected chi connectivity index (χ4v) is 4.44. The Kier molecular flexibility index (Phi) is 7.23. The van der Waals surface area contributed by atoms with Gasteiger partial charge in [0.1, 0.15) is 11.5 Å². The maximum absolute atomic E-state index is 13.5. The summed E-state index contributed by atoms with van der Waals surface area (Å²) >= 11 is 12.3. The number of benzene rings is 4. The van der Waals surface area contributed by atoms with Gasteiger partial charge in [-0.15, -0.1) is 0 Å². The molecule has 0 unspecified atom stereocenters. The van der Waals surface area contributed by atoms with Gasteiger partial charge in [0.2, 0.25) is 0 Å². The van der Waals surface area contributed by atoms with Crippen molar-refractivity contribution in [2.75, 3.05) is 10.2 Å². The number of nitro benzene ring substituents is 1. The number of nitrogens with zero attached hydrogens (tertiary/aromatic N) is 3. The summed E-state index contributed by atoms with van der Waals surface area (Å²) in [5.41, 5.74) is 2.57. The molecule has 0 saturated carbocycles. The summed E-state index contributed by atoms with van der Waals surface area (Å²) in [6, 6.07) is 26.4. The summed E-state index contributed by atoms with van der Waals surface area (Å²) in [6.45, 7) is 0. The van der Waals surface area contributed by atoms with Crippen LogP contribution in [0, 0.1) is 10.1 Å². The Labute approximate surface area is 233 Å². The number of carbonyl (C=O) groups is 2. The standard InChI is InChI=1S/C29H18Cl2N4O4/c30-23-7-4-8-24(31)26(23)33-28(36)20-11-15-21(16-12-20)34-27(19-5-2-1-3-6-19)32-25(29(34)37)17-18-9-13-22(14-10-18)35(38)39/h1-17H,(H,33,36)/b25-17-. The highest BCUT2D eigenvalue weighted by atomic mass is 35.5. The van der Waals surface area contributed by atoms with Crippen molar-refractivity contribution < 1.29 is 14.5 Å². The largest absolute Gasteiger partial charge is 0.319 e. The van der Waals surface area contributed by atoms with Crippen LogP contribution in [0.5, 0.6) is 0 Å². The zero-order valence-electron chi connectivity index (χ0n) is 20.0. The first-order chi connectivity index (χ1) is 18.8. The molecule has 5 rings (SSSR count). The zero-order valence-corrected chi connectivity index (χ0v) is 21.6. The van der Waals surface area contributed by atoms with E-state index in [0.717, 1.165) is 0 Å². The molecule has 0 saturated heterocycles. The molecular weight excluding hydrogens is 539 g/mol. The molecule has 0 fully saturated rings. The number of rotatable bonds is 6. The number of non-ortho nitro benzene ring substituents is 1. The van der Waals surface area contributed by atoms with Crippen LogP contribution in [-0.2, 0) is 4.79 Å². The van der Waals surface area contributed by atoms with Gasteiger partial charge in [0.05, 0.1) is 26.3 Å². The quantitative estimate of drug-likeness (QED) is 0.157. The van der Waals surface area contributed by atoms with Crippen LogP contribution in [0.1, 0.15) is 21.5 Å².